The molecule has 0 saturated carbocycles. The van der Waals surface area contributed by atoms with Gasteiger partial charge in [0.2, 0.25) is 0 Å². The molecule has 2 atom stereocenters. The van der Waals surface area contributed by atoms with Gasteiger partial charge in [0, 0.05) is 21.9 Å². The summed E-state index contributed by atoms with van der Waals surface area (Å²) < 4.78 is 9.67. The van der Waals surface area contributed by atoms with E-state index in [9.17, 15) is 0 Å². The van der Waals surface area contributed by atoms with Crippen molar-refractivity contribution in [3.8, 4) is 0 Å². The highest BCUT2D eigenvalue weighted by atomic mass is 35.5. The van der Waals surface area contributed by atoms with Gasteiger partial charge in [0.1, 0.15) is 0 Å². The number of allylic oxidation sites excluding steroid dienone is 1. The Bertz CT molecular complexity index is 911. The summed E-state index contributed by atoms with van der Waals surface area (Å²) in [6, 6.07) is 16.9. The maximum absolute atomic E-state index is 6.15. The Kier molecular flexibility index (Phi) is 7.86. The van der Waals surface area contributed by atoms with Crippen molar-refractivity contribution in [1.82, 2.24) is 4.72 Å². The molecule has 0 amide bonds. The molecule has 2 aromatic carbocycles. The second-order valence-corrected chi connectivity index (χ2v) is 10.3. The molecule has 0 radical (unpaired) electrons. The van der Waals surface area contributed by atoms with Crippen molar-refractivity contribution in [2.24, 2.45) is 5.41 Å². The van der Waals surface area contributed by atoms with Crippen LogP contribution in [0, 0.1) is 12.3 Å². The van der Waals surface area contributed by atoms with E-state index in [4.69, 9.17) is 16.3 Å². The quantitative estimate of drug-likeness (QED) is 0.387. The van der Waals surface area contributed by atoms with Crippen LogP contribution < -0.4 is 4.72 Å². The van der Waals surface area contributed by atoms with Gasteiger partial charge in [-0.15, -0.1) is 0 Å². The Morgan fingerprint density at radius 3 is 2.47 bits per heavy atom. The molecule has 1 aliphatic rings. The first-order valence-corrected chi connectivity index (χ1v) is 11.6. The van der Waals surface area contributed by atoms with Crippen LogP contribution in [0.3, 0.4) is 0 Å². The van der Waals surface area contributed by atoms with Gasteiger partial charge < -0.3 is 4.74 Å². The molecule has 160 valence electrons. The van der Waals surface area contributed by atoms with Crippen LogP contribution in [0.15, 0.2) is 76.7 Å². The number of rotatable bonds is 5. The lowest BCUT2D eigenvalue weighted by Gasteiger charge is -2.31. The number of nitrogens with one attached hydrogen (secondary N) is 1. The van der Waals surface area contributed by atoms with E-state index in [1.807, 2.05) is 12.1 Å². The minimum Gasteiger partial charge on any atom is -0.373 e. The van der Waals surface area contributed by atoms with Gasteiger partial charge in [-0.3, -0.25) is 4.72 Å². The second-order valence-electron chi connectivity index (χ2n) is 9.02. The van der Waals surface area contributed by atoms with Crippen molar-refractivity contribution >= 4 is 23.5 Å². The first-order valence-electron chi connectivity index (χ1n) is 10.4. The average molecular weight is 442 g/mol. The molecule has 2 aromatic rings. The number of ether oxygens (including phenoxy) is 1. The minimum absolute atomic E-state index is 0.0527. The third kappa shape index (κ3) is 6.01. The molecule has 3 rings (SSSR count). The predicted octanol–water partition coefficient (Wildman–Crippen LogP) is 7.35. The lowest BCUT2D eigenvalue weighted by molar-refractivity contribution is 0.187. The lowest BCUT2D eigenvalue weighted by atomic mass is 9.81. The zero-order valence-electron chi connectivity index (χ0n) is 18.5. The fourth-order valence-electron chi connectivity index (χ4n) is 3.61. The highest BCUT2D eigenvalue weighted by molar-refractivity contribution is 7.97. The SMILES string of the molecule is CC1=CCOC/C(=C/C(NSc2ccccc2C)C(C)(C)C)[C@H]1c1ccc(Cl)cc1. The molecule has 4 heteroatoms. The van der Waals surface area contributed by atoms with E-state index in [-0.39, 0.29) is 17.4 Å². The summed E-state index contributed by atoms with van der Waals surface area (Å²) in [6.45, 7) is 12.5. The van der Waals surface area contributed by atoms with Crippen LogP contribution in [0.5, 0.6) is 0 Å². The van der Waals surface area contributed by atoms with Crippen molar-refractivity contribution in [2.75, 3.05) is 13.2 Å². The topological polar surface area (TPSA) is 21.3 Å². The highest BCUT2D eigenvalue weighted by Gasteiger charge is 2.27. The van der Waals surface area contributed by atoms with Crippen molar-refractivity contribution in [3.05, 3.63) is 88.0 Å². The third-order valence-electron chi connectivity index (χ3n) is 5.52. The third-order valence-corrected chi connectivity index (χ3v) is 6.83. The Balaban J connectivity index is 1.93. The summed E-state index contributed by atoms with van der Waals surface area (Å²) in [5, 5.41) is 0.764. The molecule has 0 aliphatic carbocycles. The van der Waals surface area contributed by atoms with Crippen LogP contribution in [-0.4, -0.2) is 19.3 Å². The van der Waals surface area contributed by atoms with Gasteiger partial charge in [-0.05, 0) is 66.1 Å². The molecule has 1 aliphatic heterocycles. The molecule has 30 heavy (non-hydrogen) atoms. The van der Waals surface area contributed by atoms with Gasteiger partial charge in [0.15, 0.2) is 0 Å². The van der Waals surface area contributed by atoms with Gasteiger partial charge in [-0.1, -0.05) is 80.4 Å². The molecule has 1 heterocycles. The van der Waals surface area contributed by atoms with Gasteiger partial charge in [-0.25, -0.2) is 0 Å². The second kappa shape index (κ2) is 10.2. The fourth-order valence-corrected chi connectivity index (χ4v) is 4.79. The van der Waals surface area contributed by atoms with Crippen LogP contribution >= 0.6 is 23.5 Å². The van der Waals surface area contributed by atoms with Crippen LogP contribution in [0.2, 0.25) is 5.02 Å². The van der Waals surface area contributed by atoms with E-state index in [1.54, 1.807) is 11.9 Å². The van der Waals surface area contributed by atoms with Gasteiger partial charge in [0.25, 0.3) is 0 Å². The molecule has 0 bridgehead atoms. The van der Waals surface area contributed by atoms with E-state index in [1.165, 1.54) is 27.2 Å². The number of halogens is 1. The van der Waals surface area contributed by atoms with E-state index in [0.717, 1.165) is 5.02 Å². The molecule has 1 N–H and O–H groups in total. The number of aryl methyl sites for hydroxylation is 1. The molecular weight excluding hydrogens is 410 g/mol. The van der Waals surface area contributed by atoms with Gasteiger partial charge in [0.05, 0.1) is 13.2 Å². The molecule has 0 aromatic heterocycles. The van der Waals surface area contributed by atoms with Crippen molar-refractivity contribution in [2.45, 2.75) is 51.5 Å². The number of benzene rings is 2. The van der Waals surface area contributed by atoms with Crippen LogP contribution in [0.4, 0.5) is 0 Å². The Hall–Kier alpha value is -1.52. The molecule has 2 nitrogen and oxygen atoms in total. The fraction of sp³-hybridized carbons (Fsp3) is 0.385. The molecule has 0 saturated heterocycles. The van der Waals surface area contributed by atoms with Crippen molar-refractivity contribution in [1.29, 1.82) is 0 Å². The average Bonchev–Trinajstić information content (AvgIpc) is 2.87. The summed E-state index contributed by atoms with van der Waals surface area (Å²) >= 11 is 7.85. The summed E-state index contributed by atoms with van der Waals surface area (Å²) in [7, 11) is 0. The van der Waals surface area contributed by atoms with E-state index >= 15 is 0 Å². The molecule has 1 unspecified atom stereocenters. The van der Waals surface area contributed by atoms with E-state index in [0.29, 0.717) is 13.2 Å². The summed E-state index contributed by atoms with van der Waals surface area (Å²) in [6.07, 6.45) is 4.58. The zero-order chi connectivity index (χ0) is 21.7. The summed E-state index contributed by atoms with van der Waals surface area (Å²) in [5.41, 5.74) is 5.20. The summed E-state index contributed by atoms with van der Waals surface area (Å²) in [5.74, 6) is 0.208. The standard InChI is InChI=1S/C26H32ClNOS/c1-18-8-6-7-9-23(18)30-28-24(26(3,4)5)16-21-17-29-15-14-19(2)25(21)20-10-12-22(27)13-11-20/h6-14,16,24-25,28H,15,17H2,1-5H3/b21-16-/t24?,25-/m1/s1. The summed E-state index contributed by atoms with van der Waals surface area (Å²) in [4.78, 5) is 1.26. The molecule has 0 fully saturated rings. The first kappa shape index (κ1) is 23.1. The Morgan fingerprint density at radius 2 is 1.80 bits per heavy atom. The maximum atomic E-state index is 6.15. The Morgan fingerprint density at radius 1 is 1.10 bits per heavy atom. The maximum Gasteiger partial charge on any atom is 0.0690 e. The highest BCUT2D eigenvalue weighted by Crippen LogP contribution is 2.36. The van der Waals surface area contributed by atoms with Gasteiger partial charge >= 0.3 is 0 Å². The number of hydrogen-bond donors (Lipinski definition) is 1. The van der Waals surface area contributed by atoms with E-state index in [2.05, 4.69) is 87.9 Å². The molecule has 0 spiro atoms. The van der Waals surface area contributed by atoms with Gasteiger partial charge in [-0.2, -0.15) is 0 Å². The van der Waals surface area contributed by atoms with Crippen molar-refractivity contribution in [3.63, 3.8) is 0 Å². The largest absolute Gasteiger partial charge is 0.373 e. The molecular formula is C26H32ClNOS. The van der Waals surface area contributed by atoms with E-state index < -0.39 is 0 Å². The monoisotopic (exact) mass is 441 g/mol. The van der Waals surface area contributed by atoms with Crippen LogP contribution in [0.1, 0.15) is 44.7 Å². The Labute approximate surface area is 190 Å². The first-order chi connectivity index (χ1) is 14.3. The normalized spacial score (nSPS) is 20.0. The number of hydrogen-bond acceptors (Lipinski definition) is 3. The van der Waals surface area contributed by atoms with Crippen molar-refractivity contribution < 1.29 is 4.74 Å². The predicted molar refractivity (Wildman–Crippen MR) is 130 cm³/mol. The minimum atomic E-state index is 0.0527. The van der Waals surface area contributed by atoms with Crippen LogP contribution in [-0.2, 0) is 4.74 Å². The van der Waals surface area contributed by atoms with Crippen LogP contribution in [0.25, 0.3) is 0 Å². The zero-order valence-corrected chi connectivity index (χ0v) is 20.1. The lowest BCUT2D eigenvalue weighted by Crippen LogP contribution is -2.35. The smallest absolute Gasteiger partial charge is 0.0690 e.